The smallest absolute Gasteiger partial charge is 0.241 e. The van der Waals surface area contributed by atoms with E-state index in [0.717, 1.165) is 22.6 Å². The maximum atomic E-state index is 12.4. The van der Waals surface area contributed by atoms with Crippen LogP contribution in [-0.2, 0) is 16.6 Å². The fraction of sp³-hybridized carbons (Fsp3) is 0.714. The van der Waals surface area contributed by atoms with Gasteiger partial charge in [0.1, 0.15) is 0 Å². The van der Waals surface area contributed by atoms with Gasteiger partial charge in [-0.25, -0.2) is 13.1 Å². The molecule has 2 rings (SSSR count). The third kappa shape index (κ3) is 4.04. The summed E-state index contributed by atoms with van der Waals surface area (Å²) in [4.78, 5) is 2.37. The van der Waals surface area contributed by atoms with Gasteiger partial charge in [0.05, 0.1) is 4.90 Å². The number of rotatable bonds is 6. The van der Waals surface area contributed by atoms with E-state index in [-0.39, 0.29) is 0 Å². The molecule has 0 atom stereocenters. The molecule has 1 fully saturated rings. The van der Waals surface area contributed by atoms with Crippen LogP contribution in [0.25, 0.3) is 0 Å². The molecule has 0 bridgehead atoms. The first-order valence-corrected chi connectivity index (χ1v) is 9.56. The Morgan fingerprint density at radius 3 is 2.65 bits per heavy atom. The monoisotopic (exact) mass is 316 g/mol. The van der Waals surface area contributed by atoms with Gasteiger partial charge < -0.3 is 5.32 Å². The number of aryl methyl sites for hydroxylation is 1. The molecule has 1 aromatic heterocycles. The summed E-state index contributed by atoms with van der Waals surface area (Å²) < 4.78 is 27.6. The van der Waals surface area contributed by atoms with Gasteiger partial charge in [-0.05, 0) is 38.8 Å². The van der Waals surface area contributed by atoms with Gasteiger partial charge in [0.25, 0.3) is 0 Å². The first kappa shape index (κ1) is 15.9. The molecule has 6 heteroatoms. The summed E-state index contributed by atoms with van der Waals surface area (Å²) in [5.41, 5.74) is 0. The molecule has 0 unspecified atom stereocenters. The maximum absolute atomic E-state index is 12.4. The lowest BCUT2D eigenvalue weighted by Crippen LogP contribution is -2.30. The lowest BCUT2D eigenvalue weighted by atomic mass is 9.90. The molecule has 20 heavy (non-hydrogen) atoms. The van der Waals surface area contributed by atoms with E-state index in [1.165, 1.54) is 19.3 Å². The van der Waals surface area contributed by atoms with Gasteiger partial charge in [0.2, 0.25) is 10.0 Å². The SMILES string of the molecule is CNCc1cc(S(=O)(=O)NCC2CCCCC2)c(C)s1. The van der Waals surface area contributed by atoms with Crippen molar-refractivity contribution >= 4 is 21.4 Å². The predicted octanol–water partition coefficient (Wildman–Crippen LogP) is 2.63. The van der Waals surface area contributed by atoms with Crippen LogP contribution in [0.1, 0.15) is 41.9 Å². The van der Waals surface area contributed by atoms with Crippen molar-refractivity contribution in [2.75, 3.05) is 13.6 Å². The van der Waals surface area contributed by atoms with Crippen molar-refractivity contribution in [2.45, 2.75) is 50.5 Å². The Hall–Kier alpha value is -0.430. The van der Waals surface area contributed by atoms with Gasteiger partial charge >= 0.3 is 0 Å². The van der Waals surface area contributed by atoms with E-state index in [0.29, 0.717) is 23.9 Å². The van der Waals surface area contributed by atoms with Gasteiger partial charge in [-0.2, -0.15) is 0 Å². The van der Waals surface area contributed by atoms with Crippen molar-refractivity contribution in [2.24, 2.45) is 5.92 Å². The molecule has 0 radical (unpaired) electrons. The number of nitrogens with one attached hydrogen (secondary N) is 2. The van der Waals surface area contributed by atoms with Crippen LogP contribution >= 0.6 is 11.3 Å². The Balaban J connectivity index is 2.01. The number of hydrogen-bond donors (Lipinski definition) is 2. The van der Waals surface area contributed by atoms with Crippen LogP contribution in [0, 0.1) is 12.8 Å². The molecule has 4 nitrogen and oxygen atoms in total. The molecule has 0 aliphatic heterocycles. The molecular formula is C14H24N2O2S2. The molecule has 0 amide bonds. The van der Waals surface area contributed by atoms with E-state index in [1.807, 2.05) is 14.0 Å². The van der Waals surface area contributed by atoms with Crippen LogP contribution < -0.4 is 10.0 Å². The maximum Gasteiger partial charge on any atom is 0.241 e. The van der Waals surface area contributed by atoms with Crippen LogP contribution in [0.5, 0.6) is 0 Å². The Labute approximate surface area is 126 Å². The third-order valence-electron chi connectivity index (χ3n) is 3.85. The standard InChI is InChI=1S/C14H24N2O2S2/c1-11-14(8-13(19-11)10-15-2)20(17,18)16-9-12-6-4-3-5-7-12/h8,12,15-16H,3-7,9-10H2,1-2H3. The zero-order valence-corrected chi connectivity index (χ0v) is 13.9. The van der Waals surface area contributed by atoms with E-state index in [4.69, 9.17) is 0 Å². The lowest BCUT2D eigenvalue weighted by molar-refractivity contribution is 0.357. The minimum absolute atomic E-state index is 0.448. The quantitative estimate of drug-likeness (QED) is 0.848. The predicted molar refractivity (Wildman–Crippen MR) is 83.6 cm³/mol. The summed E-state index contributed by atoms with van der Waals surface area (Å²) in [5.74, 6) is 0.509. The molecule has 0 spiro atoms. The summed E-state index contributed by atoms with van der Waals surface area (Å²) in [6.45, 7) is 3.17. The Bertz CT molecular complexity index is 531. The molecule has 0 aromatic carbocycles. The largest absolute Gasteiger partial charge is 0.315 e. The molecule has 1 saturated carbocycles. The minimum Gasteiger partial charge on any atom is -0.315 e. The Morgan fingerprint density at radius 1 is 1.30 bits per heavy atom. The highest BCUT2D eigenvalue weighted by Gasteiger charge is 2.22. The van der Waals surface area contributed by atoms with Gasteiger partial charge in [-0.15, -0.1) is 11.3 Å². The van der Waals surface area contributed by atoms with Crippen molar-refractivity contribution in [1.29, 1.82) is 0 Å². The summed E-state index contributed by atoms with van der Waals surface area (Å²) >= 11 is 1.55. The zero-order chi connectivity index (χ0) is 14.6. The van der Waals surface area contributed by atoms with Gasteiger partial charge in [0, 0.05) is 22.8 Å². The highest BCUT2D eigenvalue weighted by molar-refractivity contribution is 7.89. The zero-order valence-electron chi connectivity index (χ0n) is 12.2. The second-order valence-corrected chi connectivity index (χ2v) is 8.60. The first-order chi connectivity index (χ1) is 9.53. The minimum atomic E-state index is -3.36. The van der Waals surface area contributed by atoms with Crippen molar-refractivity contribution in [3.63, 3.8) is 0 Å². The van der Waals surface area contributed by atoms with Crippen LogP contribution in [0.3, 0.4) is 0 Å². The molecule has 1 heterocycles. The summed E-state index contributed by atoms with van der Waals surface area (Å²) in [7, 11) is -1.49. The number of sulfonamides is 1. The first-order valence-electron chi connectivity index (χ1n) is 7.26. The molecule has 114 valence electrons. The van der Waals surface area contributed by atoms with Crippen molar-refractivity contribution in [3.05, 3.63) is 15.8 Å². The fourth-order valence-corrected chi connectivity index (χ4v) is 5.51. The van der Waals surface area contributed by atoms with Crippen LogP contribution in [-0.4, -0.2) is 22.0 Å². The lowest BCUT2D eigenvalue weighted by Gasteiger charge is -2.21. The highest BCUT2D eigenvalue weighted by atomic mass is 32.2. The van der Waals surface area contributed by atoms with E-state index < -0.39 is 10.0 Å². The van der Waals surface area contributed by atoms with Gasteiger partial charge in [0.15, 0.2) is 0 Å². The average molecular weight is 316 g/mol. The third-order valence-corrected chi connectivity index (χ3v) is 6.58. The summed E-state index contributed by atoms with van der Waals surface area (Å²) in [6, 6.07) is 1.79. The summed E-state index contributed by atoms with van der Waals surface area (Å²) in [5, 5.41) is 3.05. The number of hydrogen-bond acceptors (Lipinski definition) is 4. The second-order valence-electron chi connectivity index (χ2n) is 5.52. The molecule has 1 aliphatic carbocycles. The van der Waals surface area contributed by atoms with E-state index in [2.05, 4.69) is 10.0 Å². The van der Waals surface area contributed by atoms with Crippen LogP contribution in [0.2, 0.25) is 0 Å². The fourth-order valence-electron chi connectivity index (χ4n) is 2.75. The van der Waals surface area contributed by atoms with E-state index in [9.17, 15) is 8.42 Å². The van der Waals surface area contributed by atoms with E-state index in [1.54, 1.807) is 17.4 Å². The van der Waals surface area contributed by atoms with E-state index >= 15 is 0 Å². The average Bonchev–Trinajstić information content (AvgIpc) is 2.80. The second kappa shape index (κ2) is 7.02. The summed E-state index contributed by atoms with van der Waals surface area (Å²) in [6.07, 6.45) is 6.05. The molecule has 0 saturated heterocycles. The Morgan fingerprint density at radius 2 is 2.00 bits per heavy atom. The van der Waals surface area contributed by atoms with Gasteiger partial charge in [-0.1, -0.05) is 19.3 Å². The van der Waals surface area contributed by atoms with Crippen molar-refractivity contribution < 1.29 is 8.42 Å². The topological polar surface area (TPSA) is 58.2 Å². The Kier molecular flexibility index (Phi) is 5.60. The van der Waals surface area contributed by atoms with Crippen LogP contribution in [0.15, 0.2) is 11.0 Å². The normalized spacial score (nSPS) is 17.5. The molecule has 2 N–H and O–H groups in total. The highest BCUT2D eigenvalue weighted by Crippen LogP contribution is 2.27. The van der Waals surface area contributed by atoms with Crippen molar-refractivity contribution in [3.8, 4) is 0 Å². The van der Waals surface area contributed by atoms with Gasteiger partial charge in [-0.3, -0.25) is 0 Å². The van der Waals surface area contributed by atoms with Crippen molar-refractivity contribution in [1.82, 2.24) is 10.0 Å². The molecular weight excluding hydrogens is 292 g/mol. The molecule has 1 aromatic rings. The van der Waals surface area contributed by atoms with Crippen LogP contribution in [0.4, 0.5) is 0 Å². The number of thiophene rings is 1. The molecule has 1 aliphatic rings.